The summed E-state index contributed by atoms with van der Waals surface area (Å²) in [4.78, 5) is 25.6. The molecule has 27 heavy (non-hydrogen) atoms. The van der Waals surface area contributed by atoms with Crippen LogP contribution in [-0.2, 0) is 11.3 Å². The third-order valence-electron chi connectivity index (χ3n) is 4.66. The number of nitrogens with zero attached hydrogens (tertiary/aromatic N) is 1. The van der Waals surface area contributed by atoms with Crippen molar-refractivity contribution in [1.82, 2.24) is 4.90 Å². The predicted octanol–water partition coefficient (Wildman–Crippen LogP) is 1.97. The van der Waals surface area contributed by atoms with Crippen molar-refractivity contribution in [2.24, 2.45) is 5.73 Å². The number of nitrogen functional groups attached to an aromatic ring is 1. The highest BCUT2D eigenvalue weighted by molar-refractivity contribution is 6.03. The molecule has 1 heterocycles. The van der Waals surface area contributed by atoms with Gasteiger partial charge >= 0.3 is 0 Å². The van der Waals surface area contributed by atoms with Crippen molar-refractivity contribution in [1.29, 1.82) is 5.41 Å². The van der Waals surface area contributed by atoms with E-state index in [0.717, 1.165) is 27.9 Å². The Hall–Kier alpha value is -3.61. The van der Waals surface area contributed by atoms with Crippen LogP contribution >= 0.6 is 0 Å². The average Bonchev–Trinajstić information content (AvgIpc) is 2.96. The second-order valence-electron chi connectivity index (χ2n) is 6.42. The standard InChI is InChI=1S/C20H21N5O2/c1-11(19(23)26)9-25-10-17-15(6-14(22)7-16(17)20(25)27)12-3-4-13(8-21)18(5-12)24-2/h3-8,21,24H,1,9-10,22H2,2H3,(H2,23,26). The number of hydrogen-bond donors (Lipinski definition) is 4. The molecule has 1 aliphatic heterocycles. The molecule has 2 aromatic carbocycles. The third-order valence-corrected chi connectivity index (χ3v) is 4.66. The normalized spacial score (nSPS) is 12.6. The zero-order valence-electron chi connectivity index (χ0n) is 15.0. The molecule has 0 radical (unpaired) electrons. The average molecular weight is 363 g/mol. The zero-order chi connectivity index (χ0) is 19.7. The lowest BCUT2D eigenvalue weighted by Gasteiger charge is -2.16. The first-order valence-electron chi connectivity index (χ1n) is 8.37. The van der Waals surface area contributed by atoms with Crippen molar-refractivity contribution in [3.05, 3.63) is 59.2 Å². The van der Waals surface area contributed by atoms with Crippen LogP contribution in [0.5, 0.6) is 0 Å². The van der Waals surface area contributed by atoms with E-state index >= 15 is 0 Å². The Morgan fingerprint density at radius 2 is 2.04 bits per heavy atom. The second-order valence-corrected chi connectivity index (χ2v) is 6.42. The van der Waals surface area contributed by atoms with Gasteiger partial charge in [0.05, 0.1) is 6.54 Å². The van der Waals surface area contributed by atoms with Gasteiger partial charge in [-0.1, -0.05) is 18.7 Å². The van der Waals surface area contributed by atoms with Crippen LogP contribution in [0.25, 0.3) is 11.1 Å². The van der Waals surface area contributed by atoms with E-state index in [-0.39, 0.29) is 18.0 Å². The summed E-state index contributed by atoms with van der Waals surface area (Å²) in [5.74, 6) is -0.828. The fraction of sp³-hybridized carbons (Fsp3) is 0.150. The number of rotatable bonds is 6. The fourth-order valence-electron chi connectivity index (χ4n) is 3.25. The quantitative estimate of drug-likeness (QED) is 0.356. The van der Waals surface area contributed by atoms with Gasteiger partial charge in [-0.2, -0.15) is 0 Å². The first-order valence-corrected chi connectivity index (χ1v) is 8.37. The summed E-state index contributed by atoms with van der Waals surface area (Å²) in [7, 11) is 1.79. The molecule has 7 heteroatoms. The van der Waals surface area contributed by atoms with Crippen LogP contribution in [-0.4, -0.2) is 36.5 Å². The Kier molecular flexibility index (Phi) is 4.68. The summed E-state index contributed by atoms with van der Waals surface area (Å²) >= 11 is 0. The Labute approximate surface area is 157 Å². The number of nitrogens with two attached hydrogens (primary N) is 2. The molecule has 0 saturated heterocycles. The maximum atomic E-state index is 12.7. The summed E-state index contributed by atoms with van der Waals surface area (Å²) in [5, 5.41) is 10.6. The van der Waals surface area contributed by atoms with Crippen molar-refractivity contribution in [3.8, 4) is 11.1 Å². The van der Waals surface area contributed by atoms with Gasteiger partial charge in [0.1, 0.15) is 0 Å². The van der Waals surface area contributed by atoms with Crippen molar-refractivity contribution < 1.29 is 9.59 Å². The number of nitrogens with one attached hydrogen (secondary N) is 2. The molecule has 0 saturated carbocycles. The van der Waals surface area contributed by atoms with E-state index in [1.807, 2.05) is 24.3 Å². The Morgan fingerprint density at radius 3 is 2.67 bits per heavy atom. The molecule has 0 unspecified atom stereocenters. The molecule has 0 atom stereocenters. The summed E-state index contributed by atoms with van der Waals surface area (Å²) in [6.07, 6.45) is 1.28. The molecule has 0 spiro atoms. The van der Waals surface area contributed by atoms with Gasteiger partial charge in [-0.3, -0.25) is 9.59 Å². The molecule has 1 aliphatic rings. The topological polar surface area (TPSA) is 125 Å². The van der Waals surface area contributed by atoms with Crippen molar-refractivity contribution >= 4 is 29.4 Å². The molecule has 0 fully saturated rings. The molecular weight excluding hydrogens is 342 g/mol. The van der Waals surface area contributed by atoms with Crippen LogP contribution in [0, 0.1) is 5.41 Å². The minimum Gasteiger partial charge on any atom is -0.399 e. The monoisotopic (exact) mass is 363 g/mol. The highest BCUT2D eigenvalue weighted by atomic mass is 16.2. The second kappa shape index (κ2) is 6.95. The molecule has 138 valence electrons. The first kappa shape index (κ1) is 18.2. The number of fused-ring (bicyclic) bond motifs is 1. The van der Waals surface area contributed by atoms with E-state index in [1.165, 1.54) is 11.1 Å². The number of hydrogen-bond acceptors (Lipinski definition) is 5. The van der Waals surface area contributed by atoms with E-state index in [0.29, 0.717) is 17.8 Å². The summed E-state index contributed by atoms with van der Waals surface area (Å²) < 4.78 is 0. The lowest BCUT2D eigenvalue weighted by atomic mass is 9.95. The molecular formula is C20H21N5O2. The number of anilines is 2. The molecule has 2 aromatic rings. The number of carbonyl (C=O) groups excluding carboxylic acids is 2. The van der Waals surface area contributed by atoms with Gasteiger partial charge in [0.25, 0.3) is 5.91 Å². The third kappa shape index (κ3) is 3.27. The number of primary amides is 1. The summed E-state index contributed by atoms with van der Waals surface area (Å²) in [5.41, 5.74) is 16.6. The molecule has 2 amide bonds. The molecule has 0 aliphatic carbocycles. The highest BCUT2D eigenvalue weighted by Crippen LogP contribution is 2.36. The molecule has 0 bridgehead atoms. The smallest absolute Gasteiger partial charge is 0.254 e. The Bertz CT molecular complexity index is 981. The maximum Gasteiger partial charge on any atom is 0.254 e. The highest BCUT2D eigenvalue weighted by Gasteiger charge is 2.31. The van der Waals surface area contributed by atoms with Gasteiger partial charge in [0.15, 0.2) is 0 Å². The fourth-order valence-corrected chi connectivity index (χ4v) is 3.25. The SMILES string of the molecule is C=C(CN1Cc2c(cc(N)cc2-c2ccc(C=N)c(NC)c2)C1=O)C(N)=O. The van der Waals surface area contributed by atoms with Gasteiger partial charge < -0.3 is 27.1 Å². The molecule has 7 nitrogen and oxygen atoms in total. The Balaban J connectivity index is 2.06. The van der Waals surface area contributed by atoms with E-state index in [2.05, 4.69) is 11.9 Å². The van der Waals surface area contributed by atoms with Crippen molar-refractivity contribution in [2.75, 3.05) is 24.6 Å². The van der Waals surface area contributed by atoms with Gasteiger partial charge in [-0.25, -0.2) is 0 Å². The molecule has 0 aromatic heterocycles. The lowest BCUT2D eigenvalue weighted by Crippen LogP contribution is -2.30. The van der Waals surface area contributed by atoms with Crippen LogP contribution in [0.1, 0.15) is 21.5 Å². The zero-order valence-corrected chi connectivity index (χ0v) is 15.0. The van der Waals surface area contributed by atoms with E-state index in [9.17, 15) is 9.59 Å². The van der Waals surface area contributed by atoms with Gasteiger partial charge in [0, 0.05) is 47.9 Å². The van der Waals surface area contributed by atoms with Crippen LogP contribution in [0.15, 0.2) is 42.5 Å². The molecule has 6 N–H and O–H groups in total. The number of amides is 2. The van der Waals surface area contributed by atoms with E-state index in [1.54, 1.807) is 13.1 Å². The minimum absolute atomic E-state index is 0.0801. The minimum atomic E-state index is -0.626. The van der Waals surface area contributed by atoms with Crippen molar-refractivity contribution in [3.63, 3.8) is 0 Å². The van der Waals surface area contributed by atoms with Crippen LogP contribution in [0.4, 0.5) is 11.4 Å². The largest absolute Gasteiger partial charge is 0.399 e. The first-order chi connectivity index (χ1) is 12.8. The maximum absolute atomic E-state index is 12.7. The van der Waals surface area contributed by atoms with E-state index < -0.39 is 5.91 Å². The lowest BCUT2D eigenvalue weighted by molar-refractivity contribution is -0.114. The van der Waals surface area contributed by atoms with Gasteiger partial charge in [0.2, 0.25) is 5.91 Å². The number of carbonyl (C=O) groups is 2. The summed E-state index contributed by atoms with van der Waals surface area (Å²) in [6, 6.07) is 9.14. The summed E-state index contributed by atoms with van der Waals surface area (Å²) in [6.45, 7) is 4.06. The predicted molar refractivity (Wildman–Crippen MR) is 107 cm³/mol. The molecule has 3 rings (SSSR count). The van der Waals surface area contributed by atoms with Gasteiger partial charge in [-0.05, 0) is 34.9 Å². The Morgan fingerprint density at radius 1 is 1.33 bits per heavy atom. The van der Waals surface area contributed by atoms with E-state index in [4.69, 9.17) is 16.9 Å². The van der Waals surface area contributed by atoms with Gasteiger partial charge in [-0.15, -0.1) is 0 Å². The van der Waals surface area contributed by atoms with Crippen molar-refractivity contribution in [2.45, 2.75) is 6.54 Å². The van der Waals surface area contributed by atoms with Crippen LogP contribution < -0.4 is 16.8 Å². The van der Waals surface area contributed by atoms with Crippen LogP contribution in [0.2, 0.25) is 0 Å². The number of benzene rings is 2. The van der Waals surface area contributed by atoms with Crippen LogP contribution in [0.3, 0.4) is 0 Å².